The van der Waals surface area contributed by atoms with Gasteiger partial charge in [-0.3, -0.25) is 5.32 Å². The van der Waals surface area contributed by atoms with Crippen molar-refractivity contribution < 1.29 is 32.2 Å². The number of urea groups is 1. The molecule has 1 aromatic heterocycles. The van der Waals surface area contributed by atoms with Crippen LogP contribution in [0.3, 0.4) is 0 Å². The van der Waals surface area contributed by atoms with Gasteiger partial charge in [0.05, 0.1) is 19.2 Å². The van der Waals surface area contributed by atoms with E-state index < -0.39 is 42.5 Å². The quantitative estimate of drug-likeness (QED) is 0.787. The minimum Gasteiger partial charge on any atom is -0.444 e. The molecule has 0 spiro atoms. The summed E-state index contributed by atoms with van der Waals surface area (Å²) in [6, 6.07) is -0.595. The zero-order valence-corrected chi connectivity index (χ0v) is 16.0. The minimum atomic E-state index is -4.55. The van der Waals surface area contributed by atoms with E-state index in [0.717, 1.165) is 4.90 Å². The van der Waals surface area contributed by atoms with Crippen LogP contribution in [-0.2, 0) is 9.47 Å². The standard InChI is InChI=1S/C17H23F3N4O4/c1-16(2,3)28-15(26)23-13-7-10(5-6-21-13)11(9-27-4)24-8-12(17(18,19)20)22-14(24)25/h5-7,11-12H,8-9H2,1-4H3,(H,22,25)(H,21,23,26)/t11-,12+/m1/s1. The summed E-state index contributed by atoms with van der Waals surface area (Å²) in [7, 11) is 1.38. The van der Waals surface area contributed by atoms with E-state index in [9.17, 15) is 22.8 Å². The third kappa shape index (κ3) is 5.72. The number of alkyl halides is 3. The maximum atomic E-state index is 13.0. The van der Waals surface area contributed by atoms with E-state index in [1.807, 2.05) is 5.32 Å². The van der Waals surface area contributed by atoms with Gasteiger partial charge < -0.3 is 19.7 Å². The zero-order chi connectivity index (χ0) is 21.1. The number of hydrogen-bond donors (Lipinski definition) is 2. The Bertz CT molecular complexity index is 721. The molecular formula is C17H23F3N4O4. The molecule has 2 N–H and O–H groups in total. The van der Waals surface area contributed by atoms with Gasteiger partial charge in [-0.15, -0.1) is 0 Å². The second-order valence-electron chi connectivity index (χ2n) is 7.27. The highest BCUT2D eigenvalue weighted by Gasteiger charge is 2.48. The van der Waals surface area contributed by atoms with Crippen molar-refractivity contribution >= 4 is 17.9 Å². The Morgan fingerprint density at radius 2 is 2.11 bits per heavy atom. The topological polar surface area (TPSA) is 92.8 Å². The molecule has 2 rings (SSSR count). The molecule has 8 nitrogen and oxygen atoms in total. The number of methoxy groups -OCH3 is 1. The Morgan fingerprint density at radius 1 is 1.43 bits per heavy atom. The highest BCUT2D eigenvalue weighted by Crippen LogP contribution is 2.30. The molecule has 2 heterocycles. The lowest BCUT2D eigenvalue weighted by atomic mass is 10.1. The molecule has 2 atom stereocenters. The molecule has 1 aromatic rings. The summed E-state index contributed by atoms with van der Waals surface area (Å²) in [5.41, 5.74) is -0.249. The van der Waals surface area contributed by atoms with E-state index in [-0.39, 0.29) is 12.4 Å². The highest BCUT2D eigenvalue weighted by molar-refractivity contribution is 5.83. The van der Waals surface area contributed by atoms with Gasteiger partial charge in [-0.1, -0.05) is 0 Å². The number of ether oxygens (including phenoxy) is 2. The van der Waals surface area contributed by atoms with Crippen LogP contribution in [0.15, 0.2) is 18.3 Å². The number of aromatic nitrogens is 1. The van der Waals surface area contributed by atoms with Crippen molar-refractivity contribution in [3.8, 4) is 0 Å². The van der Waals surface area contributed by atoms with E-state index >= 15 is 0 Å². The van der Waals surface area contributed by atoms with Crippen molar-refractivity contribution in [2.75, 3.05) is 25.6 Å². The normalized spacial score (nSPS) is 18.6. The number of carbonyl (C=O) groups is 2. The first kappa shape index (κ1) is 21.7. The summed E-state index contributed by atoms with van der Waals surface area (Å²) in [6.45, 7) is 4.53. The van der Waals surface area contributed by atoms with E-state index in [2.05, 4.69) is 10.3 Å². The molecule has 0 saturated carbocycles. The molecular weight excluding hydrogens is 381 g/mol. The SMILES string of the molecule is COC[C@H](c1ccnc(NC(=O)OC(C)(C)C)c1)N1C[C@@H](C(F)(F)F)NC1=O. The molecule has 0 aromatic carbocycles. The second kappa shape index (κ2) is 8.21. The Hall–Kier alpha value is -2.56. The molecule has 0 aliphatic carbocycles. The monoisotopic (exact) mass is 404 g/mol. The van der Waals surface area contributed by atoms with Crippen molar-refractivity contribution in [1.29, 1.82) is 0 Å². The summed E-state index contributed by atoms with van der Waals surface area (Å²) in [4.78, 5) is 29.0. The molecule has 1 aliphatic rings. The number of hydrogen-bond acceptors (Lipinski definition) is 5. The first-order valence-corrected chi connectivity index (χ1v) is 8.49. The molecule has 11 heteroatoms. The van der Waals surface area contributed by atoms with Crippen LogP contribution < -0.4 is 10.6 Å². The van der Waals surface area contributed by atoms with Gasteiger partial charge in [0, 0.05) is 13.3 Å². The minimum absolute atomic E-state index is 0.0338. The van der Waals surface area contributed by atoms with Crippen molar-refractivity contribution in [3.63, 3.8) is 0 Å². The summed E-state index contributed by atoms with van der Waals surface area (Å²) < 4.78 is 49.1. The third-order valence-corrected chi connectivity index (χ3v) is 3.83. The van der Waals surface area contributed by atoms with Gasteiger partial charge >= 0.3 is 18.3 Å². The summed E-state index contributed by atoms with van der Waals surface area (Å²) >= 11 is 0. The fourth-order valence-corrected chi connectivity index (χ4v) is 2.67. The number of carbonyl (C=O) groups excluding carboxylic acids is 2. The van der Waals surface area contributed by atoms with Crippen LogP contribution in [0.4, 0.5) is 28.6 Å². The molecule has 0 bridgehead atoms. The predicted octanol–water partition coefficient (Wildman–Crippen LogP) is 3.07. The Kier molecular flexibility index (Phi) is 6.37. The predicted molar refractivity (Wildman–Crippen MR) is 93.8 cm³/mol. The van der Waals surface area contributed by atoms with Crippen LogP contribution in [0.5, 0.6) is 0 Å². The van der Waals surface area contributed by atoms with Gasteiger partial charge in [0.2, 0.25) is 0 Å². The summed E-state index contributed by atoms with van der Waals surface area (Å²) in [5.74, 6) is 0.139. The van der Waals surface area contributed by atoms with Crippen molar-refractivity contribution in [3.05, 3.63) is 23.9 Å². The largest absolute Gasteiger partial charge is 0.444 e. The third-order valence-electron chi connectivity index (χ3n) is 3.83. The number of rotatable bonds is 5. The zero-order valence-electron chi connectivity index (χ0n) is 16.0. The lowest BCUT2D eigenvalue weighted by molar-refractivity contribution is -0.150. The number of nitrogens with one attached hydrogen (secondary N) is 2. The van der Waals surface area contributed by atoms with Crippen LogP contribution in [0.25, 0.3) is 0 Å². The van der Waals surface area contributed by atoms with Gasteiger partial charge in [0.25, 0.3) is 0 Å². The molecule has 0 radical (unpaired) electrons. The molecule has 1 aliphatic heterocycles. The first-order chi connectivity index (χ1) is 12.9. The molecule has 28 heavy (non-hydrogen) atoms. The first-order valence-electron chi connectivity index (χ1n) is 8.49. The van der Waals surface area contributed by atoms with E-state index in [1.165, 1.54) is 25.4 Å². The molecule has 1 fully saturated rings. The van der Waals surface area contributed by atoms with Gasteiger partial charge in [-0.25, -0.2) is 14.6 Å². The van der Waals surface area contributed by atoms with Crippen LogP contribution in [0, 0.1) is 0 Å². The average Bonchev–Trinajstić information content (AvgIpc) is 2.93. The summed E-state index contributed by atoms with van der Waals surface area (Å²) in [6.07, 6.45) is -3.90. The Morgan fingerprint density at radius 3 is 2.64 bits per heavy atom. The average molecular weight is 404 g/mol. The summed E-state index contributed by atoms with van der Waals surface area (Å²) in [5, 5.41) is 4.38. The van der Waals surface area contributed by atoms with Crippen LogP contribution in [-0.4, -0.2) is 60.1 Å². The number of pyridine rings is 1. The molecule has 156 valence electrons. The smallest absolute Gasteiger partial charge is 0.413 e. The lowest BCUT2D eigenvalue weighted by Crippen LogP contribution is -2.40. The number of nitrogens with zero attached hydrogens (tertiary/aromatic N) is 2. The van der Waals surface area contributed by atoms with E-state index in [4.69, 9.17) is 9.47 Å². The van der Waals surface area contributed by atoms with Gasteiger partial charge in [-0.2, -0.15) is 13.2 Å². The van der Waals surface area contributed by atoms with E-state index in [0.29, 0.717) is 5.56 Å². The fraction of sp³-hybridized carbons (Fsp3) is 0.588. The van der Waals surface area contributed by atoms with Crippen molar-refractivity contribution in [2.45, 2.75) is 44.6 Å². The Labute approximate surface area is 160 Å². The van der Waals surface area contributed by atoms with Gasteiger partial charge in [0.15, 0.2) is 0 Å². The van der Waals surface area contributed by atoms with Crippen LogP contribution >= 0.6 is 0 Å². The van der Waals surface area contributed by atoms with Gasteiger partial charge in [0.1, 0.15) is 17.5 Å². The lowest BCUT2D eigenvalue weighted by Gasteiger charge is -2.27. The number of anilines is 1. The maximum absolute atomic E-state index is 13.0. The Balaban J connectivity index is 2.20. The maximum Gasteiger partial charge on any atom is 0.413 e. The number of halogens is 3. The molecule has 3 amide bonds. The number of amides is 3. The van der Waals surface area contributed by atoms with Crippen molar-refractivity contribution in [2.24, 2.45) is 0 Å². The molecule has 0 unspecified atom stereocenters. The second-order valence-corrected chi connectivity index (χ2v) is 7.27. The van der Waals surface area contributed by atoms with Crippen LogP contribution in [0.2, 0.25) is 0 Å². The van der Waals surface area contributed by atoms with Crippen molar-refractivity contribution in [1.82, 2.24) is 15.2 Å². The van der Waals surface area contributed by atoms with Gasteiger partial charge in [-0.05, 0) is 38.5 Å². The van der Waals surface area contributed by atoms with Crippen LogP contribution in [0.1, 0.15) is 32.4 Å². The van der Waals surface area contributed by atoms with E-state index in [1.54, 1.807) is 20.8 Å². The fourth-order valence-electron chi connectivity index (χ4n) is 2.67. The highest BCUT2D eigenvalue weighted by atomic mass is 19.4. The molecule has 1 saturated heterocycles.